The van der Waals surface area contributed by atoms with E-state index in [0.29, 0.717) is 18.9 Å². The lowest BCUT2D eigenvalue weighted by molar-refractivity contribution is -0.385. The first kappa shape index (κ1) is 15.8. The maximum absolute atomic E-state index is 12.9. The number of anilines is 1. The van der Waals surface area contributed by atoms with Crippen LogP contribution in [0.3, 0.4) is 0 Å². The van der Waals surface area contributed by atoms with Gasteiger partial charge in [0.2, 0.25) is 0 Å². The minimum Gasteiger partial charge on any atom is -0.371 e. The SMILES string of the molecule is C#CC(CCC)Nc1ccc([N+](=O)[O-])cc1C(F)(F)F. The number of nitro groups is 1. The molecule has 4 nitrogen and oxygen atoms in total. The lowest BCUT2D eigenvalue weighted by Crippen LogP contribution is -2.20. The Bertz CT molecular complexity index is 535. The summed E-state index contributed by atoms with van der Waals surface area (Å²) in [6.07, 6.45) is 1.76. The summed E-state index contributed by atoms with van der Waals surface area (Å²) in [7, 11) is 0. The Balaban J connectivity index is 3.19. The van der Waals surface area contributed by atoms with Crippen molar-refractivity contribution in [1.82, 2.24) is 0 Å². The van der Waals surface area contributed by atoms with Gasteiger partial charge >= 0.3 is 6.18 Å². The van der Waals surface area contributed by atoms with Gasteiger partial charge < -0.3 is 5.32 Å². The fraction of sp³-hybridized carbons (Fsp3) is 0.385. The third-order valence-corrected chi connectivity index (χ3v) is 2.63. The molecule has 0 saturated heterocycles. The number of non-ortho nitro benzene ring substituents is 1. The molecule has 1 rings (SSSR count). The van der Waals surface area contributed by atoms with Gasteiger partial charge in [0.25, 0.3) is 5.69 Å². The van der Waals surface area contributed by atoms with Crippen molar-refractivity contribution in [3.8, 4) is 12.3 Å². The molecule has 108 valence electrons. The van der Waals surface area contributed by atoms with E-state index in [4.69, 9.17) is 6.42 Å². The van der Waals surface area contributed by atoms with Crippen molar-refractivity contribution in [2.45, 2.75) is 32.0 Å². The van der Waals surface area contributed by atoms with Crippen molar-refractivity contribution in [3.05, 3.63) is 33.9 Å². The molecule has 20 heavy (non-hydrogen) atoms. The molecule has 0 aliphatic heterocycles. The van der Waals surface area contributed by atoms with Gasteiger partial charge in [0, 0.05) is 17.8 Å². The molecule has 0 aliphatic carbocycles. The zero-order valence-electron chi connectivity index (χ0n) is 10.7. The second-order valence-corrected chi connectivity index (χ2v) is 4.14. The van der Waals surface area contributed by atoms with Gasteiger partial charge in [-0.05, 0) is 12.5 Å². The number of alkyl halides is 3. The average molecular weight is 286 g/mol. The molecule has 0 fully saturated rings. The van der Waals surface area contributed by atoms with Crippen molar-refractivity contribution >= 4 is 11.4 Å². The summed E-state index contributed by atoms with van der Waals surface area (Å²) in [5, 5.41) is 13.1. The number of hydrogen-bond donors (Lipinski definition) is 1. The van der Waals surface area contributed by atoms with Gasteiger partial charge in [0.1, 0.15) is 0 Å². The second kappa shape index (κ2) is 6.28. The minimum atomic E-state index is -4.69. The molecule has 1 aromatic rings. The first-order chi connectivity index (χ1) is 9.29. The van der Waals surface area contributed by atoms with Crippen LogP contribution in [0.25, 0.3) is 0 Å². The fourth-order valence-corrected chi connectivity index (χ4v) is 1.68. The standard InChI is InChI=1S/C13H13F3N2O2/c1-3-5-9(4-2)17-12-7-6-10(18(19)20)8-11(12)13(14,15)16/h2,6-9,17H,3,5H2,1H3. The van der Waals surface area contributed by atoms with Crippen LogP contribution in [-0.4, -0.2) is 11.0 Å². The van der Waals surface area contributed by atoms with E-state index in [1.807, 2.05) is 6.92 Å². The number of nitro benzene ring substituents is 1. The van der Waals surface area contributed by atoms with Crippen LogP contribution in [0.2, 0.25) is 0 Å². The third-order valence-electron chi connectivity index (χ3n) is 2.63. The summed E-state index contributed by atoms with van der Waals surface area (Å²) in [6, 6.07) is 1.99. The number of halogens is 3. The van der Waals surface area contributed by atoms with E-state index >= 15 is 0 Å². The predicted molar refractivity (Wildman–Crippen MR) is 69.3 cm³/mol. The van der Waals surface area contributed by atoms with Crippen LogP contribution in [0.15, 0.2) is 18.2 Å². The highest BCUT2D eigenvalue weighted by atomic mass is 19.4. The Morgan fingerprint density at radius 1 is 1.50 bits per heavy atom. The zero-order valence-corrected chi connectivity index (χ0v) is 10.7. The highest BCUT2D eigenvalue weighted by Gasteiger charge is 2.35. The first-order valence-corrected chi connectivity index (χ1v) is 5.88. The van der Waals surface area contributed by atoms with Crippen LogP contribution >= 0.6 is 0 Å². The monoisotopic (exact) mass is 286 g/mol. The largest absolute Gasteiger partial charge is 0.418 e. The van der Waals surface area contributed by atoms with Crippen LogP contribution in [0.5, 0.6) is 0 Å². The molecule has 0 aliphatic rings. The van der Waals surface area contributed by atoms with Crippen molar-refractivity contribution in [2.24, 2.45) is 0 Å². The fourth-order valence-electron chi connectivity index (χ4n) is 1.68. The van der Waals surface area contributed by atoms with Crippen LogP contribution in [0.4, 0.5) is 24.5 Å². The van der Waals surface area contributed by atoms with Gasteiger partial charge in [0.05, 0.1) is 16.5 Å². The van der Waals surface area contributed by atoms with Crippen molar-refractivity contribution in [3.63, 3.8) is 0 Å². The zero-order chi connectivity index (χ0) is 15.3. The number of benzene rings is 1. The van der Waals surface area contributed by atoms with E-state index in [1.54, 1.807) is 0 Å². The molecular formula is C13H13F3N2O2. The van der Waals surface area contributed by atoms with E-state index in [9.17, 15) is 23.3 Å². The average Bonchev–Trinajstić information content (AvgIpc) is 2.37. The Kier molecular flexibility index (Phi) is 4.97. The molecule has 0 radical (unpaired) electrons. The molecule has 7 heteroatoms. The topological polar surface area (TPSA) is 55.2 Å². The van der Waals surface area contributed by atoms with Gasteiger partial charge in [-0.3, -0.25) is 10.1 Å². The molecule has 0 aromatic heterocycles. The molecule has 1 unspecified atom stereocenters. The first-order valence-electron chi connectivity index (χ1n) is 5.88. The van der Waals surface area contributed by atoms with Gasteiger partial charge in [-0.25, -0.2) is 0 Å². The summed E-state index contributed by atoms with van der Waals surface area (Å²) in [6.45, 7) is 1.85. The van der Waals surface area contributed by atoms with Crippen LogP contribution in [-0.2, 0) is 6.18 Å². The normalized spacial score (nSPS) is 12.6. The summed E-state index contributed by atoms with van der Waals surface area (Å²) in [4.78, 5) is 9.69. The number of nitrogens with one attached hydrogen (secondary N) is 1. The van der Waals surface area contributed by atoms with E-state index in [-0.39, 0.29) is 5.69 Å². The summed E-state index contributed by atoms with van der Waals surface area (Å²) in [5.41, 5.74) is -1.96. The van der Waals surface area contributed by atoms with Crippen molar-refractivity contribution in [1.29, 1.82) is 0 Å². The number of hydrogen-bond acceptors (Lipinski definition) is 3. The minimum absolute atomic E-state index is 0.250. The highest BCUT2D eigenvalue weighted by molar-refractivity contribution is 5.58. The molecule has 1 aromatic carbocycles. The Labute approximate surface area is 114 Å². The van der Waals surface area contributed by atoms with Crippen molar-refractivity contribution in [2.75, 3.05) is 5.32 Å². The lowest BCUT2D eigenvalue weighted by Gasteiger charge is -2.18. The van der Waals surface area contributed by atoms with Crippen LogP contribution in [0, 0.1) is 22.5 Å². The molecule has 1 atom stereocenters. The number of rotatable bonds is 5. The Morgan fingerprint density at radius 3 is 2.60 bits per heavy atom. The molecule has 0 heterocycles. The molecular weight excluding hydrogens is 273 g/mol. The maximum Gasteiger partial charge on any atom is 0.418 e. The molecule has 1 N–H and O–H groups in total. The van der Waals surface area contributed by atoms with Gasteiger partial charge in [-0.1, -0.05) is 19.3 Å². The number of nitrogens with zero attached hydrogens (tertiary/aromatic N) is 1. The van der Waals surface area contributed by atoms with E-state index < -0.39 is 28.4 Å². The molecule has 0 spiro atoms. The Morgan fingerprint density at radius 2 is 2.15 bits per heavy atom. The van der Waals surface area contributed by atoms with E-state index in [2.05, 4.69) is 11.2 Å². The second-order valence-electron chi connectivity index (χ2n) is 4.14. The van der Waals surface area contributed by atoms with E-state index in [1.165, 1.54) is 0 Å². The Hall–Kier alpha value is -2.23. The van der Waals surface area contributed by atoms with Crippen molar-refractivity contribution < 1.29 is 18.1 Å². The molecule has 0 bridgehead atoms. The molecule has 0 saturated carbocycles. The van der Waals surface area contributed by atoms with E-state index in [0.717, 1.165) is 12.1 Å². The van der Waals surface area contributed by atoms with Gasteiger partial charge in [-0.2, -0.15) is 13.2 Å². The smallest absolute Gasteiger partial charge is 0.371 e. The van der Waals surface area contributed by atoms with Gasteiger partial charge in [-0.15, -0.1) is 6.42 Å². The van der Waals surface area contributed by atoms with Crippen LogP contribution in [0.1, 0.15) is 25.3 Å². The maximum atomic E-state index is 12.9. The molecule has 0 amide bonds. The van der Waals surface area contributed by atoms with Crippen LogP contribution < -0.4 is 5.32 Å². The number of terminal acetylenes is 1. The highest BCUT2D eigenvalue weighted by Crippen LogP contribution is 2.37. The lowest BCUT2D eigenvalue weighted by atomic mass is 10.1. The summed E-state index contributed by atoms with van der Waals surface area (Å²) < 4.78 is 38.8. The summed E-state index contributed by atoms with van der Waals surface area (Å²) in [5.74, 6) is 2.36. The summed E-state index contributed by atoms with van der Waals surface area (Å²) >= 11 is 0. The quantitative estimate of drug-likeness (QED) is 0.508. The van der Waals surface area contributed by atoms with Gasteiger partial charge in [0.15, 0.2) is 0 Å². The third kappa shape index (κ3) is 3.88. The predicted octanol–water partition coefficient (Wildman–Crippen LogP) is 3.83.